The number of halogens is 2. The van der Waals surface area contributed by atoms with Crippen LogP contribution in [0, 0.1) is 5.82 Å². The molecule has 1 aliphatic rings. The third-order valence-corrected chi connectivity index (χ3v) is 6.22. The normalized spacial score (nSPS) is 13.5. The van der Waals surface area contributed by atoms with Crippen molar-refractivity contribution in [2.45, 2.75) is 18.9 Å². The summed E-state index contributed by atoms with van der Waals surface area (Å²) in [7, 11) is 1.52. The number of hydrogen-bond acceptors (Lipinski definition) is 4. The lowest BCUT2D eigenvalue weighted by atomic mass is 10.2. The summed E-state index contributed by atoms with van der Waals surface area (Å²) < 4.78 is 18.3. The van der Waals surface area contributed by atoms with E-state index >= 15 is 0 Å². The van der Waals surface area contributed by atoms with Gasteiger partial charge in [-0.3, -0.25) is 18.7 Å². The molecule has 1 saturated carbocycles. The predicted octanol–water partition coefficient (Wildman–Crippen LogP) is 3.83. The SMILES string of the molecule is Cn1c(=O)cc(Nc2ccc(Br)c(F)c2)c2c(=O)n(C3CC3)c(=O)n(-c3ccccc3)c21. The van der Waals surface area contributed by atoms with E-state index in [2.05, 4.69) is 21.2 Å². The van der Waals surface area contributed by atoms with Crippen LogP contribution in [0.2, 0.25) is 0 Å². The van der Waals surface area contributed by atoms with Gasteiger partial charge in [-0.15, -0.1) is 0 Å². The van der Waals surface area contributed by atoms with Crippen LogP contribution in [0.4, 0.5) is 15.8 Å². The number of para-hydroxylation sites is 1. The van der Waals surface area contributed by atoms with E-state index in [1.165, 1.54) is 38.9 Å². The average molecular weight is 497 g/mol. The molecule has 1 aliphatic carbocycles. The molecule has 0 spiro atoms. The van der Waals surface area contributed by atoms with E-state index in [9.17, 15) is 18.8 Å². The van der Waals surface area contributed by atoms with Crippen molar-refractivity contribution in [3.8, 4) is 5.69 Å². The molecule has 32 heavy (non-hydrogen) atoms. The fraction of sp³-hybridized carbons (Fsp3) is 0.174. The average Bonchev–Trinajstić information content (AvgIpc) is 3.60. The zero-order valence-corrected chi connectivity index (χ0v) is 18.6. The summed E-state index contributed by atoms with van der Waals surface area (Å²) in [5.41, 5.74) is -0.0722. The molecular formula is C23H18BrFN4O3. The van der Waals surface area contributed by atoms with Gasteiger partial charge in [-0.2, -0.15) is 0 Å². The molecule has 0 saturated heterocycles. The molecule has 0 radical (unpaired) electrons. The van der Waals surface area contributed by atoms with Crippen molar-refractivity contribution in [1.29, 1.82) is 0 Å². The van der Waals surface area contributed by atoms with Crippen LogP contribution in [0.25, 0.3) is 16.7 Å². The van der Waals surface area contributed by atoms with E-state index in [0.717, 1.165) is 12.8 Å². The Hall–Kier alpha value is -3.46. The van der Waals surface area contributed by atoms with Gasteiger partial charge in [-0.05, 0) is 59.1 Å². The van der Waals surface area contributed by atoms with Crippen molar-refractivity contribution in [1.82, 2.24) is 13.7 Å². The Morgan fingerprint density at radius 1 is 1.03 bits per heavy atom. The summed E-state index contributed by atoms with van der Waals surface area (Å²) in [6, 6.07) is 14.4. The van der Waals surface area contributed by atoms with Crippen LogP contribution in [0.5, 0.6) is 0 Å². The van der Waals surface area contributed by atoms with Gasteiger partial charge in [0, 0.05) is 24.8 Å². The summed E-state index contributed by atoms with van der Waals surface area (Å²) in [5, 5.41) is 3.19. The van der Waals surface area contributed by atoms with Crippen LogP contribution < -0.4 is 22.1 Å². The predicted molar refractivity (Wildman–Crippen MR) is 125 cm³/mol. The minimum absolute atomic E-state index is 0.176. The third-order valence-electron chi connectivity index (χ3n) is 5.58. The van der Waals surface area contributed by atoms with E-state index < -0.39 is 22.6 Å². The van der Waals surface area contributed by atoms with Gasteiger partial charge in [0.05, 0.1) is 15.8 Å². The van der Waals surface area contributed by atoms with Crippen molar-refractivity contribution in [3.63, 3.8) is 0 Å². The summed E-state index contributed by atoms with van der Waals surface area (Å²) in [5.74, 6) is -0.486. The summed E-state index contributed by atoms with van der Waals surface area (Å²) in [6.45, 7) is 0. The van der Waals surface area contributed by atoms with Crippen molar-refractivity contribution >= 4 is 38.3 Å². The Bertz CT molecular complexity index is 1550. The topological polar surface area (TPSA) is 78.0 Å². The monoisotopic (exact) mass is 496 g/mol. The number of anilines is 2. The van der Waals surface area contributed by atoms with Gasteiger partial charge in [-0.25, -0.2) is 13.8 Å². The maximum atomic E-state index is 14.1. The van der Waals surface area contributed by atoms with Crippen LogP contribution in [-0.4, -0.2) is 13.7 Å². The van der Waals surface area contributed by atoms with Crippen LogP contribution in [0.3, 0.4) is 0 Å². The molecular weight excluding hydrogens is 479 g/mol. The zero-order valence-electron chi connectivity index (χ0n) is 17.0. The van der Waals surface area contributed by atoms with E-state index in [4.69, 9.17) is 0 Å². The van der Waals surface area contributed by atoms with Gasteiger partial charge in [0.1, 0.15) is 16.9 Å². The molecule has 5 rings (SSSR count). The minimum atomic E-state index is -0.488. The largest absolute Gasteiger partial charge is 0.355 e. The molecule has 2 aromatic heterocycles. The van der Waals surface area contributed by atoms with Gasteiger partial charge in [0.2, 0.25) is 0 Å². The van der Waals surface area contributed by atoms with Gasteiger partial charge in [0.25, 0.3) is 11.1 Å². The summed E-state index contributed by atoms with van der Waals surface area (Å²) >= 11 is 3.12. The Kier molecular flexibility index (Phi) is 4.85. The first-order chi connectivity index (χ1) is 15.4. The summed E-state index contributed by atoms with van der Waals surface area (Å²) in [4.78, 5) is 39.8. The maximum absolute atomic E-state index is 14.1. The first kappa shape index (κ1) is 20.4. The molecule has 0 bridgehead atoms. The third kappa shape index (κ3) is 3.29. The number of fused-ring (bicyclic) bond motifs is 1. The molecule has 162 valence electrons. The molecule has 2 aromatic carbocycles. The van der Waals surface area contributed by atoms with Gasteiger partial charge >= 0.3 is 5.69 Å². The second-order valence-corrected chi connectivity index (χ2v) is 8.62. The quantitative estimate of drug-likeness (QED) is 0.465. The second kappa shape index (κ2) is 7.59. The molecule has 4 aromatic rings. The number of rotatable bonds is 4. The smallest absolute Gasteiger partial charge is 0.337 e. The van der Waals surface area contributed by atoms with Crippen LogP contribution in [0.1, 0.15) is 18.9 Å². The number of nitrogens with zero attached hydrogens (tertiary/aromatic N) is 3. The standard InChI is InChI=1S/C23H18BrFN4O3/c1-27-19(30)12-18(26-13-7-10-16(24)17(25)11-13)20-21(27)28(14-5-3-2-4-6-14)23(32)29(22(20)31)15-8-9-15/h2-7,10-12,15,26H,8-9H2,1H3. The molecule has 7 nitrogen and oxygen atoms in total. The Morgan fingerprint density at radius 3 is 2.41 bits per heavy atom. The zero-order chi connectivity index (χ0) is 22.6. The fourth-order valence-electron chi connectivity index (χ4n) is 3.86. The highest BCUT2D eigenvalue weighted by Gasteiger charge is 2.30. The lowest BCUT2D eigenvalue weighted by Crippen LogP contribution is -2.41. The number of hydrogen-bond donors (Lipinski definition) is 1. The Balaban J connectivity index is 1.89. The summed E-state index contributed by atoms with van der Waals surface area (Å²) in [6.07, 6.45) is 1.48. The van der Waals surface area contributed by atoms with E-state index in [1.807, 2.05) is 6.07 Å². The van der Waals surface area contributed by atoms with E-state index in [0.29, 0.717) is 15.8 Å². The van der Waals surface area contributed by atoms with Crippen molar-refractivity contribution in [3.05, 3.63) is 96.1 Å². The van der Waals surface area contributed by atoms with E-state index in [-0.39, 0.29) is 22.8 Å². The van der Waals surface area contributed by atoms with Gasteiger partial charge < -0.3 is 5.32 Å². The molecule has 0 unspecified atom stereocenters. The maximum Gasteiger partial charge on any atom is 0.337 e. The van der Waals surface area contributed by atoms with Crippen LogP contribution in [0.15, 0.2) is 73.5 Å². The van der Waals surface area contributed by atoms with Crippen LogP contribution in [-0.2, 0) is 7.05 Å². The molecule has 9 heteroatoms. The molecule has 0 amide bonds. The highest BCUT2D eigenvalue weighted by atomic mass is 79.9. The lowest BCUT2D eigenvalue weighted by Gasteiger charge is -2.18. The Morgan fingerprint density at radius 2 is 1.75 bits per heavy atom. The number of benzene rings is 2. The van der Waals surface area contributed by atoms with Gasteiger partial charge in [0.15, 0.2) is 0 Å². The molecule has 0 aliphatic heterocycles. The highest BCUT2D eigenvalue weighted by Crippen LogP contribution is 2.33. The van der Waals surface area contributed by atoms with Crippen LogP contribution >= 0.6 is 15.9 Å². The van der Waals surface area contributed by atoms with Crippen molar-refractivity contribution < 1.29 is 4.39 Å². The first-order valence-electron chi connectivity index (χ1n) is 10.1. The molecule has 1 fully saturated rings. The minimum Gasteiger partial charge on any atom is -0.355 e. The molecule has 2 heterocycles. The molecule has 1 N–H and O–H groups in total. The highest BCUT2D eigenvalue weighted by molar-refractivity contribution is 9.10. The lowest BCUT2D eigenvalue weighted by molar-refractivity contribution is 0.622. The van der Waals surface area contributed by atoms with Gasteiger partial charge in [-0.1, -0.05) is 18.2 Å². The number of pyridine rings is 1. The fourth-order valence-corrected chi connectivity index (χ4v) is 4.10. The van der Waals surface area contributed by atoms with Crippen molar-refractivity contribution in [2.24, 2.45) is 7.05 Å². The van der Waals surface area contributed by atoms with Crippen molar-refractivity contribution in [2.75, 3.05) is 5.32 Å². The second-order valence-electron chi connectivity index (χ2n) is 7.77. The number of aryl methyl sites for hydroxylation is 1. The van der Waals surface area contributed by atoms with E-state index in [1.54, 1.807) is 30.3 Å². The molecule has 0 atom stereocenters. The number of nitrogens with one attached hydrogen (secondary N) is 1. The Labute approximate surface area is 189 Å². The first-order valence-corrected chi connectivity index (χ1v) is 10.8. The number of aromatic nitrogens is 3.